The molecule has 2 heterocycles. The van der Waals surface area contributed by atoms with Crippen molar-refractivity contribution < 1.29 is 14.4 Å². The van der Waals surface area contributed by atoms with E-state index in [4.69, 9.17) is 17.3 Å². The molecule has 0 spiro atoms. The Bertz CT molecular complexity index is 1260. The van der Waals surface area contributed by atoms with Crippen LogP contribution in [0, 0.1) is 13.8 Å². The van der Waals surface area contributed by atoms with Gasteiger partial charge in [-0.25, -0.2) is 0 Å². The maximum Gasteiger partial charge on any atom is 0.293 e. The second-order valence-electron chi connectivity index (χ2n) is 7.47. The van der Waals surface area contributed by atoms with Crippen molar-refractivity contribution >= 4 is 46.5 Å². The molecule has 1 aromatic heterocycles. The van der Waals surface area contributed by atoms with Gasteiger partial charge in [-0.2, -0.15) is 0 Å². The Labute approximate surface area is 194 Å². The summed E-state index contributed by atoms with van der Waals surface area (Å²) in [5, 5.41) is 0.300. The standard InChI is InChI=1S/C24H20ClN3O3S/c1-14-11-18(15(2)28(14)20-9-5-17(6-10-20)22(26)29)12-21-23(30)27(24(31)32-21)13-16-3-7-19(25)8-4-16/h3-12H,13H2,1-2H3,(H2,26,29)/b21-12+. The number of carbonyl (C=O) groups is 3. The highest BCUT2D eigenvalue weighted by Crippen LogP contribution is 2.34. The fraction of sp³-hybridized carbons (Fsp3) is 0.125. The molecular weight excluding hydrogens is 446 g/mol. The van der Waals surface area contributed by atoms with Crippen LogP contribution < -0.4 is 5.73 Å². The van der Waals surface area contributed by atoms with Gasteiger partial charge < -0.3 is 10.3 Å². The van der Waals surface area contributed by atoms with Crippen molar-refractivity contribution in [3.8, 4) is 5.69 Å². The Hall–Kier alpha value is -3.29. The Balaban J connectivity index is 1.61. The predicted octanol–water partition coefficient (Wildman–Crippen LogP) is 5.08. The van der Waals surface area contributed by atoms with Gasteiger partial charge in [0.2, 0.25) is 5.91 Å². The second kappa shape index (κ2) is 8.68. The number of carbonyl (C=O) groups excluding carboxylic acids is 3. The molecule has 3 amide bonds. The number of benzene rings is 2. The predicted molar refractivity (Wildman–Crippen MR) is 127 cm³/mol. The van der Waals surface area contributed by atoms with Gasteiger partial charge in [0.1, 0.15) is 0 Å². The van der Waals surface area contributed by atoms with Crippen LogP contribution in [0.5, 0.6) is 0 Å². The first-order valence-electron chi connectivity index (χ1n) is 9.83. The van der Waals surface area contributed by atoms with E-state index >= 15 is 0 Å². The molecule has 2 N–H and O–H groups in total. The average Bonchev–Trinajstić information content (AvgIpc) is 3.19. The molecule has 0 aliphatic carbocycles. The Morgan fingerprint density at radius 1 is 1.06 bits per heavy atom. The van der Waals surface area contributed by atoms with Crippen LogP contribution in [0.15, 0.2) is 59.5 Å². The third kappa shape index (κ3) is 4.22. The lowest BCUT2D eigenvalue weighted by molar-refractivity contribution is -0.123. The highest BCUT2D eigenvalue weighted by Gasteiger charge is 2.35. The Morgan fingerprint density at radius 2 is 1.72 bits per heavy atom. The molecule has 162 valence electrons. The summed E-state index contributed by atoms with van der Waals surface area (Å²) in [4.78, 5) is 38.3. The first kappa shape index (κ1) is 21.9. The maximum atomic E-state index is 12.9. The topological polar surface area (TPSA) is 85.4 Å². The van der Waals surface area contributed by atoms with Crippen molar-refractivity contribution in [2.45, 2.75) is 20.4 Å². The van der Waals surface area contributed by atoms with Gasteiger partial charge >= 0.3 is 0 Å². The van der Waals surface area contributed by atoms with Crippen LogP contribution in [0.4, 0.5) is 4.79 Å². The van der Waals surface area contributed by atoms with E-state index in [1.54, 1.807) is 42.5 Å². The van der Waals surface area contributed by atoms with Gasteiger partial charge in [0.15, 0.2) is 0 Å². The fourth-order valence-electron chi connectivity index (χ4n) is 3.66. The first-order valence-corrected chi connectivity index (χ1v) is 11.0. The first-order chi connectivity index (χ1) is 15.2. The van der Waals surface area contributed by atoms with Gasteiger partial charge in [-0.3, -0.25) is 19.3 Å². The molecule has 1 fully saturated rings. The molecule has 0 atom stereocenters. The molecule has 2 aromatic carbocycles. The van der Waals surface area contributed by atoms with Crippen molar-refractivity contribution in [2.24, 2.45) is 5.73 Å². The zero-order valence-electron chi connectivity index (χ0n) is 17.5. The van der Waals surface area contributed by atoms with Gasteiger partial charge in [0.25, 0.3) is 11.1 Å². The third-order valence-electron chi connectivity index (χ3n) is 5.29. The second-order valence-corrected chi connectivity index (χ2v) is 8.90. The number of hydrogen-bond donors (Lipinski definition) is 1. The molecule has 8 heteroatoms. The normalized spacial score (nSPS) is 15.1. The minimum Gasteiger partial charge on any atom is -0.366 e. The summed E-state index contributed by atoms with van der Waals surface area (Å²) in [5.74, 6) is -0.793. The van der Waals surface area contributed by atoms with Crippen molar-refractivity contribution in [1.82, 2.24) is 9.47 Å². The summed E-state index contributed by atoms with van der Waals surface area (Å²) in [6, 6.07) is 16.0. The number of halogens is 1. The number of aryl methyl sites for hydroxylation is 1. The van der Waals surface area contributed by atoms with Crippen LogP contribution in [0.25, 0.3) is 11.8 Å². The van der Waals surface area contributed by atoms with Crippen molar-refractivity contribution in [2.75, 3.05) is 0 Å². The van der Waals surface area contributed by atoms with E-state index in [9.17, 15) is 14.4 Å². The number of imide groups is 1. The highest BCUT2D eigenvalue weighted by atomic mass is 35.5. The molecular formula is C24H20ClN3O3S. The van der Waals surface area contributed by atoms with E-state index in [2.05, 4.69) is 0 Å². The molecule has 4 rings (SSSR count). The summed E-state index contributed by atoms with van der Waals surface area (Å²) in [6.45, 7) is 4.10. The number of aromatic nitrogens is 1. The summed E-state index contributed by atoms with van der Waals surface area (Å²) in [6.07, 6.45) is 1.75. The molecule has 0 unspecified atom stereocenters. The smallest absolute Gasteiger partial charge is 0.293 e. The van der Waals surface area contributed by atoms with Crippen molar-refractivity contribution in [3.63, 3.8) is 0 Å². The maximum absolute atomic E-state index is 12.9. The number of thioether (sulfide) groups is 1. The van der Waals surface area contributed by atoms with E-state index in [-0.39, 0.29) is 17.7 Å². The number of amides is 3. The molecule has 32 heavy (non-hydrogen) atoms. The minimum absolute atomic E-state index is 0.199. The van der Waals surface area contributed by atoms with Crippen molar-refractivity contribution in [1.29, 1.82) is 0 Å². The quantitative estimate of drug-likeness (QED) is 0.532. The van der Waals surface area contributed by atoms with Gasteiger partial charge in [0, 0.05) is 27.7 Å². The summed E-state index contributed by atoms with van der Waals surface area (Å²) in [5.41, 5.74) is 10.2. The van der Waals surface area contributed by atoms with E-state index in [0.29, 0.717) is 15.5 Å². The van der Waals surface area contributed by atoms with E-state index in [0.717, 1.165) is 40.0 Å². The Kier molecular flexibility index (Phi) is 5.95. The van der Waals surface area contributed by atoms with Crippen LogP contribution in [0.1, 0.15) is 32.9 Å². The molecule has 6 nitrogen and oxygen atoms in total. The minimum atomic E-state index is -0.479. The van der Waals surface area contributed by atoms with Crippen LogP contribution in [-0.4, -0.2) is 26.5 Å². The summed E-state index contributed by atoms with van der Waals surface area (Å²) >= 11 is 6.85. The molecule has 0 bridgehead atoms. The molecule has 1 saturated heterocycles. The molecule has 1 aliphatic heterocycles. The van der Waals surface area contributed by atoms with Crippen LogP contribution in [0.3, 0.4) is 0 Å². The largest absolute Gasteiger partial charge is 0.366 e. The van der Waals surface area contributed by atoms with E-state index < -0.39 is 5.91 Å². The molecule has 3 aromatic rings. The van der Waals surface area contributed by atoms with Crippen LogP contribution in [0.2, 0.25) is 5.02 Å². The zero-order valence-corrected chi connectivity index (χ0v) is 19.0. The number of rotatable bonds is 5. The van der Waals surface area contributed by atoms with E-state index in [1.165, 1.54) is 4.90 Å². The molecule has 1 aliphatic rings. The number of hydrogen-bond acceptors (Lipinski definition) is 4. The van der Waals surface area contributed by atoms with Gasteiger partial charge in [0.05, 0.1) is 11.4 Å². The van der Waals surface area contributed by atoms with Gasteiger partial charge in [-0.15, -0.1) is 0 Å². The number of primary amides is 1. The lowest BCUT2D eigenvalue weighted by Crippen LogP contribution is -2.27. The third-order valence-corrected chi connectivity index (χ3v) is 6.45. The lowest BCUT2D eigenvalue weighted by atomic mass is 10.2. The monoisotopic (exact) mass is 465 g/mol. The number of nitrogens with two attached hydrogens (primary N) is 1. The fourth-order valence-corrected chi connectivity index (χ4v) is 4.61. The Morgan fingerprint density at radius 3 is 2.34 bits per heavy atom. The van der Waals surface area contributed by atoms with Crippen molar-refractivity contribution in [3.05, 3.63) is 92.6 Å². The summed E-state index contributed by atoms with van der Waals surface area (Å²) < 4.78 is 2.02. The van der Waals surface area contributed by atoms with Crippen LogP contribution in [-0.2, 0) is 11.3 Å². The zero-order chi connectivity index (χ0) is 23.0. The van der Waals surface area contributed by atoms with E-state index in [1.807, 2.05) is 36.6 Å². The molecule has 0 saturated carbocycles. The number of nitrogens with zero attached hydrogens (tertiary/aromatic N) is 2. The molecule has 0 radical (unpaired) electrons. The van der Waals surface area contributed by atoms with Gasteiger partial charge in [-0.05, 0) is 85.3 Å². The summed E-state index contributed by atoms with van der Waals surface area (Å²) in [7, 11) is 0. The SMILES string of the molecule is Cc1cc(/C=C2/SC(=O)N(Cc3ccc(Cl)cc3)C2=O)c(C)n1-c1ccc(C(N)=O)cc1. The van der Waals surface area contributed by atoms with Gasteiger partial charge in [-0.1, -0.05) is 23.7 Å². The average molecular weight is 466 g/mol. The van der Waals surface area contributed by atoms with Crippen LogP contribution >= 0.6 is 23.4 Å². The lowest BCUT2D eigenvalue weighted by Gasteiger charge is -2.12. The highest BCUT2D eigenvalue weighted by molar-refractivity contribution is 8.18.